The molecule has 1 aromatic rings. The molecule has 0 aromatic heterocycles. The summed E-state index contributed by atoms with van der Waals surface area (Å²) in [5.74, 6) is 0.258. The summed E-state index contributed by atoms with van der Waals surface area (Å²) in [6.07, 6.45) is 0.342. The first-order chi connectivity index (χ1) is 10.9. The largest absolute Gasteiger partial charge is 0.497 e. The van der Waals surface area contributed by atoms with Crippen LogP contribution in [-0.2, 0) is 14.6 Å². The zero-order valence-corrected chi connectivity index (χ0v) is 14.1. The molecule has 0 unspecified atom stereocenters. The van der Waals surface area contributed by atoms with Crippen molar-refractivity contribution in [1.82, 2.24) is 5.43 Å². The van der Waals surface area contributed by atoms with Gasteiger partial charge in [0.1, 0.15) is 11.5 Å². The van der Waals surface area contributed by atoms with Crippen LogP contribution in [0.5, 0.6) is 11.5 Å². The SMILES string of the molecule is COc1ccc(/C(C)=N\NC(=O)[C@H]2CCS(=O)(=O)C2)c(OC)c1. The van der Waals surface area contributed by atoms with E-state index >= 15 is 0 Å². The third-order valence-corrected chi connectivity index (χ3v) is 5.50. The average molecular weight is 340 g/mol. The van der Waals surface area contributed by atoms with Gasteiger partial charge in [-0.2, -0.15) is 5.10 Å². The van der Waals surface area contributed by atoms with Crippen molar-refractivity contribution in [2.75, 3.05) is 25.7 Å². The Kier molecular flexibility index (Phi) is 5.25. The Morgan fingerprint density at radius 3 is 2.61 bits per heavy atom. The number of rotatable bonds is 5. The van der Waals surface area contributed by atoms with Crippen LogP contribution in [0.25, 0.3) is 0 Å². The molecule has 1 aromatic carbocycles. The van der Waals surface area contributed by atoms with Crippen molar-refractivity contribution in [2.45, 2.75) is 13.3 Å². The molecule has 1 fully saturated rings. The Balaban J connectivity index is 2.10. The Morgan fingerprint density at radius 1 is 1.30 bits per heavy atom. The number of hydrazone groups is 1. The fourth-order valence-corrected chi connectivity index (χ4v) is 4.13. The summed E-state index contributed by atoms with van der Waals surface area (Å²) < 4.78 is 33.2. The van der Waals surface area contributed by atoms with Crippen molar-refractivity contribution in [3.63, 3.8) is 0 Å². The smallest absolute Gasteiger partial charge is 0.244 e. The third kappa shape index (κ3) is 4.22. The van der Waals surface area contributed by atoms with Crippen LogP contribution in [0.1, 0.15) is 18.9 Å². The summed E-state index contributed by atoms with van der Waals surface area (Å²) in [6.45, 7) is 1.73. The normalized spacial score (nSPS) is 20.1. The quantitative estimate of drug-likeness (QED) is 0.637. The number of nitrogens with one attached hydrogen (secondary N) is 1. The molecule has 1 atom stereocenters. The van der Waals surface area contributed by atoms with Crippen LogP contribution >= 0.6 is 0 Å². The molecule has 8 heteroatoms. The second-order valence-electron chi connectivity index (χ2n) is 5.34. The van der Waals surface area contributed by atoms with E-state index in [-0.39, 0.29) is 17.4 Å². The highest BCUT2D eigenvalue weighted by Gasteiger charge is 2.32. The van der Waals surface area contributed by atoms with Crippen molar-refractivity contribution in [1.29, 1.82) is 0 Å². The molecule has 1 amide bonds. The van der Waals surface area contributed by atoms with Crippen LogP contribution in [0.2, 0.25) is 0 Å². The minimum Gasteiger partial charge on any atom is -0.497 e. The minimum absolute atomic E-state index is 0.0556. The molecular formula is C15H20N2O5S. The molecule has 1 N–H and O–H groups in total. The Labute approximate surface area is 135 Å². The van der Waals surface area contributed by atoms with Gasteiger partial charge in [0.25, 0.3) is 0 Å². The molecule has 126 valence electrons. The van der Waals surface area contributed by atoms with Crippen molar-refractivity contribution >= 4 is 21.5 Å². The maximum absolute atomic E-state index is 12.0. The molecule has 1 aliphatic heterocycles. The molecule has 0 aliphatic carbocycles. The Hall–Kier alpha value is -2.09. The Bertz CT molecular complexity index is 727. The van der Waals surface area contributed by atoms with Crippen molar-refractivity contribution in [3.8, 4) is 11.5 Å². The minimum atomic E-state index is -3.09. The molecule has 23 heavy (non-hydrogen) atoms. The van der Waals surface area contributed by atoms with Crippen LogP contribution in [-0.4, -0.2) is 45.8 Å². The molecule has 1 saturated heterocycles. The van der Waals surface area contributed by atoms with E-state index in [2.05, 4.69) is 10.5 Å². The lowest BCUT2D eigenvalue weighted by molar-refractivity contribution is -0.124. The fourth-order valence-electron chi connectivity index (χ4n) is 2.39. The van der Waals surface area contributed by atoms with E-state index in [1.807, 2.05) is 0 Å². The van der Waals surface area contributed by atoms with Gasteiger partial charge in [-0.05, 0) is 25.5 Å². The van der Waals surface area contributed by atoms with Gasteiger partial charge in [0.05, 0.1) is 37.4 Å². The molecule has 0 spiro atoms. The summed E-state index contributed by atoms with van der Waals surface area (Å²) in [4.78, 5) is 12.0. The van der Waals surface area contributed by atoms with E-state index in [0.717, 1.165) is 0 Å². The first kappa shape index (κ1) is 17.3. The standard InChI is InChI=1S/C15H20N2O5S/c1-10(13-5-4-12(21-2)8-14(13)22-3)16-17-15(18)11-6-7-23(19,20)9-11/h4-5,8,11H,6-7,9H2,1-3H3,(H,17,18)/b16-10-/t11-/m0/s1. The first-order valence-corrected chi connectivity index (χ1v) is 8.95. The zero-order chi connectivity index (χ0) is 17.0. The van der Waals surface area contributed by atoms with E-state index in [4.69, 9.17) is 9.47 Å². The molecule has 0 bridgehead atoms. The number of hydrogen-bond acceptors (Lipinski definition) is 6. The third-order valence-electron chi connectivity index (χ3n) is 3.74. The number of benzene rings is 1. The van der Waals surface area contributed by atoms with Crippen molar-refractivity contribution in [2.24, 2.45) is 11.0 Å². The molecule has 7 nitrogen and oxygen atoms in total. The van der Waals surface area contributed by atoms with Gasteiger partial charge >= 0.3 is 0 Å². The lowest BCUT2D eigenvalue weighted by Gasteiger charge is -2.11. The van der Waals surface area contributed by atoms with Crippen molar-refractivity contribution in [3.05, 3.63) is 23.8 Å². The molecular weight excluding hydrogens is 320 g/mol. The molecule has 1 aliphatic rings. The summed E-state index contributed by atoms with van der Waals surface area (Å²) in [5.41, 5.74) is 3.71. The summed E-state index contributed by atoms with van der Waals surface area (Å²) in [7, 11) is 0.00324. The van der Waals surface area contributed by atoms with Crippen LogP contribution in [0.15, 0.2) is 23.3 Å². The lowest BCUT2D eigenvalue weighted by atomic mass is 10.1. The van der Waals surface area contributed by atoms with Gasteiger partial charge in [0.2, 0.25) is 5.91 Å². The number of carbonyl (C=O) groups excluding carboxylic acids is 1. The monoisotopic (exact) mass is 340 g/mol. The lowest BCUT2D eigenvalue weighted by Crippen LogP contribution is -2.28. The van der Waals surface area contributed by atoms with Gasteiger partial charge in [-0.3, -0.25) is 4.79 Å². The highest BCUT2D eigenvalue weighted by molar-refractivity contribution is 7.91. The van der Waals surface area contributed by atoms with Crippen LogP contribution in [0.4, 0.5) is 0 Å². The first-order valence-electron chi connectivity index (χ1n) is 7.13. The van der Waals surface area contributed by atoms with Crippen LogP contribution in [0.3, 0.4) is 0 Å². The summed E-state index contributed by atoms with van der Waals surface area (Å²) in [6, 6.07) is 5.27. The van der Waals surface area contributed by atoms with Gasteiger partial charge in [-0.1, -0.05) is 0 Å². The van der Waals surface area contributed by atoms with Gasteiger partial charge < -0.3 is 9.47 Å². The summed E-state index contributed by atoms with van der Waals surface area (Å²) in [5, 5.41) is 4.05. The van der Waals surface area contributed by atoms with E-state index in [1.54, 1.807) is 32.2 Å². The number of hydrogen-bond donors (Lipinski definition) is 1. The van der Waals surface area contributed by atoms with E-state index < -0.39 is 15.8 Å². The van der Waals surface area contributed by atoms with E-state index in [9.17, 15) is 13.2 Å². The van der Waals surface area contributed by atoms with Crippen LogP contribution in [0, 0.1) is 5.92 Å². The van der Waals surface area contributed by atoms with Gasteiger partial charge in [0, 0.05) is 11.6 Å². The number of ether oxygens (including phenoxy) is 2. The van der Waals surface area contributed by atoms with E-state index in [0.29, 0.717) is 29.2 Å². The molecule has 0 saturated carbocycles. The average Bonchev–Trinajstić information content (AvgIpc) is 2.91. The number of nitrogens with zero attached hydrogens (tertiary/aromatic N) is 1. The highest BCUT2D eigenvalue weighted by Crippen LogP contribution is 2.25. The van der Waals surface area contributed by atoms with Gasteiger partial charge in [-0.25, -0.2) is 13.8 Å². The number of sulfone groups is 1. The summed E-state index contributed by atoms with van der Waals surface area (Å²) >= 11 is 0. The highest BCUT2D eigenvalue weighted by atomic mass is 32.2. The number of carbonyl (C=O) groups is 1. The molecule has 0 radical (unpaired) electrons. The predicted octanol–water partition coefficient (Wildman–Crippen LogP) is 0.979. The maximum Gasteiger partial charge on any atom is 0.244 e. The second-order valence-corrected chi connectivity index (χ2v) is 7.57. The van der Waals surface area contributed by atoms with Gasteiger partial charge in [0.15, 0.2) is 9.84 Å². The van der Waals surface area contributed by atoms with E-state index in [1.165, 1.54) is 7.11 Å². The Morgan fingerprint density at radius 2 is 2.04 bits per heavy atom. The maximum atomic E-state index is 12.0. The predicted molar refractivity (Wildman–Crippen MR) is 86.7 cm³/mol. The zero-order valence-electron chi connectivity index (χ0n) is 13.3. The second kappa shape index (κ2) is 6.99. The van der Waals surface area contributed by atoms with Crippen LogP contribution < -0.4 is 14.9 Å². The van der Waals surface area contributed by atoms with Gasteiger partial charge in [-0.15, -0.1) is 0 Å². The molecule has 1 heterocycles. The van der Waals surface area contributed by atoms with Crippen molar-refractivity contribution < 1.29 is 22.7 Å². The molecule has 2 rings (SSSR count). The number of amides is 1. The topological polar surface area (TPSA) is 94.1 Å². The number of methoxy groups -OCH3 is 2. The fraction of sp³-hybridized carbons (Fsp3) is 0.467.